The average Bonchev–Trinajstić information content (AvgIpc) is 2.36. The molecule has 2 aromatic rings. The van der Waals surface area contributed by atoms with Crippen molar-refractivity contribution in [3.05, 3.63) is 45.8 Å². The maximum absolute atomic E-state index is 10.8. The maximum Gasteiger partial charge on any atom is 0.356 e. The summed E-state index contributed by atoms with van der Waals surface area (Å²) in [6, 6.07) is 3.36. The molecular weight excluding hydrogens is 289 g/mol. The lowest BCUT2D eigenvalue weighted by Crippen LogP contribution is -2.04. The number of anilines is 2. The molecule has 7 heteroatoms. The van der Waals surface area contributed by atoms with Crippen LogP contribution in [0.3, 0.4) is 0 Å². The van der Waals surface area contributed by atoms with Gasteiger partial charge in [0.1, 0.15) is 5.82 Å². The van der Waals surface area contributed by atoms with Crippen LogP contribution in [-0.2, 0) is 0 Å². The van der Waals surface area contributed by atoms with E-state index in [-0.39, 0.29) is 11.5 Å². The van der Waals surface area contributed by atoms with Gasteiger partial charge in [-0.2, -0.15) is 0 Å². The van der Waals surface area contributed by atoms with E-state index < -0.39 is 5.97 Å². The minimum Gasteiger partial charge on any atom is -0.476 e. The number of aromatic carboxylic acids is 1. The van der Waals surface area contributed by atoms with Crippen molar-refractivity contribution in [3.8, 4) is 0 Å². The number of carbonyl (C=O) groups is 1. The van der Waals surface area contributed by atoms with Gasteiger partial charge in [0.05, 0.1) is 23.1 Å². The number of hydrogen-bond donors (Lipinski definition) is 2. The molecular formula is C12H9Cl2N3O2. The molecule has 19 heavy (non-hydrogen) atoms. The number of benzene rings is 1. The number of nitrogens with zero attached hydrogens (tertiary/aromatic N) is 2. The Kier molecular flexibility index (Phi) is 3.87. The van der Waals surface area contributed by atoms with Gasteiger partial charge in [0, 0.05) is 5.02 Å². The predicted octanol–water partition coefficient (Wildman–Crippen LogP) is 3.53. The van der Waals surface area contributed by atoms with Crippen molar-refractivity contribution < 1.29 is 9.90 Å². The number of aromatic nitrogens is 2. The van der Waals surface area contributed by atoms with Crippen LogP contribution in [0, 0.1) is 6.92 Å². The predicted molar refractivity (Wildman–Crippen MR) is 73.5 cm³/mol. The molecule has 0 saturated carbocycles. The highest BCUT2D eigenvalue weighted by Crippen LogP contribution is 2.30. The molecule has 2 N–H and O–H groups in total. The Morgan fingerprint density at radius 3 is 2.68 bits per heavy atom. The van der Waals surface area contributed by atoms with Gasteiger partial charge in [0.25, 0.3) is 0 Å². The first-order valence-electron chi connectivity index (χ1n) is 5.25. The molecule has 0 aliphatic heterocycles. The monoisotopic (exact) mass is 297 g/mol. The molecule has 0 atom stereocenters. The van der Waals surface area contributed by atoms with Crippen molar-refractivity contribution in [2.24, 2.45) is 0 Å². The van der Waals surface area contributed by atoms with Gasteiger partial charge in [-0.1, -0.05) is 23.2 Å². The molecule has 0 unspecified atom stereocenters. The van der Waals surface area contributed by atoms with Gasteiger partial charge in [-0.3, -0.25) is 4.98 Å². The van der Waals surface area contributed by atoms with E-state index >= 15 is 0 Å². The lowest BCUT2D eigenvalue weighted by atomic mass is 10.2. The molecule has 0 radical (unpaired) electrons. The van der Waals surface area contributed by atoms with Crippen molar-refractivity contribution in [1.29, 1.82) is 0 Å². The van der Waals surface area contributed by atoms with Gasteiger partial charge in [-0.15, -0.1) is 0 Å². The molecule has 0 amide bonds. The fraction of sp³-hybridized carbons (Fsp3) is 0.0833. The quantitative estimate of drug-likeness (QED) is 0.906. The number of aryl methyl sites for hydroxylation is 1. The Labute approximate surface area is 119 Å². The van der Waals surface area contributed by atoms with E-state index in [1.165, 1.54) is 6.20 Å². The number of hydrogen-bond acceptors (Lipinski definition) is 4. The summed E-state index contributed by atoms with van der Waals surface area (Å²) < 4.78 is 0. The van der Waals surface area contributed by atoms with E-state index in [1.807, 2.05) is 6.92 Å². The number of carboxylic acids is 1. The Hall–Kier alpha value is -1.85. The van der Waals surface area contributed by atoms with Gasteiger partial charge in [0.2, 0.25) is 0 Å². The van der Waals surface area contributed by atoms with Crippen molar-refractivity contribution in [1.82, 2.24) is 9.97 Å². The van der Waals surface area contributed by atoms with E-state index in [9.17, 15) is 4.79 Å². The van der Waals surface area contributed by atoms with E-state index in [0.29, 0.717) is 15.7 Å². The Bertz CT molecular complexity index is 647. The number of halogens is 2. The summed E-state index contributed by atoms with van der Waals surface area (Å²) in [4.78, 5) is 18.5. The van der Waals surface area contributed by atoms with Crippen LogP contribution in [0.4, 0.5) is 11.5 Å². The molecule has 0 aliphatic carbocycles. The molecule has 5 nitrogen and oxygen atoms in total. The number of rotatable bonds is 3. The summed E-state index contributed by atoms with van der Waals surface area (Å²) in [5, 5.41) is 12.7. The second-order valence-electron chi connectivity index (χ2n) is 3.80. The van der Waals surface area contributed by atoms with Crippen LogP contribution in [0.2, 0.25) is 10.0 Å². The van der Waals surface area contributed by atoms with Gasteiger partial charge in [-0.25, -0.2) is 9.78 Å². The molecule has 0 spiro atoms. The highest BCUT2D eigenvalue weighted by molar-refractivity contribution is 6.35. The van der Waals surface area contributed by atoms with Crippen LogP contribution >= 0.6 is 23.2 Å². The summed E-state index contributed by atoms with van der Waals surface area (Å²) in [5.41, 5.74) is 1.23. The van der Waals surface area contributed by atoms with Crippen LogP contribution in [0.5, 0.6) is 0 Å². The Balaban J connectivity index is 2.33. The van der Waals surface area contributed by atoms with Crippen molar-refractivity contribution >= 4 is 40.7 Å². The summed E-state index contributed by atoms with van der Waals surface area (Å²) >= 11 is 12.1. The van der Waals surface area contributed by atoms with E-state index in [4.69, 9.17) is 28.3 Å². The first-order chi connectivity index (χ1) is 8.97. The molecule has 98 valence electrons. The van der Waals surface area contributed by atoms with E-state index in [0.717, 1.165) is 11.8 Å². The fourth-order valence-electron chi connectivity index (χ4n) is 1.41. The van der Waals surface area contributed by atoms with Crippen LogP contribution in [0.15, 0.2) is 24.5 Å². The topological polar surface area (TPSA) is 75.1 Å². The lowest BCUT2D eigenvalue weighted by molar-refractivity contribution is 0.0690. The molecule has 0 fully saturated rings. The minimum atomic E-state index is -1.15. The fourth-order valence-corrected chi connectivity index (χ4v) is 1.84. The Morgan fingerprint density at radius 2 is 2.00 bits per heavy atom. The van der Waals surface area contributed by atoms with Crippen LogP contribution < -0.4 is 5.32 Å². The van der Waals surface area contributed by atoms with Gasteiger partial charge in [0.15, 0.2) is 5.69 Å². The standard InChI is InChI=1S/C12H9Cl2N3O2/c1-6-2-8(14)9(3-7(6)13)16-11-5-15-4-10(17-11)12(18)19/h2-5H,1H3,(H,16,17)(H,18,19). The highest BCUT2D eigenvalue weighted by Gasteiger charge is 2.09. The summed E-state index contributed by atoms with van der Waals surface area (Å²) in [6.07, 6.45) is 2.56. The normalized spacial score (nSPS) is 10.3. The van der Waals surface area contributed by atoms with Crippen LogP contribution in [0.25, 0.3) is 0 Å². The smallest absolute Gasteiger partial charge is 0.356 e. The van der Waals surface area contributed by atoms with Crippen molar-refractivity contribution in [3.63, 3.8) is 0 Å². The molecule has 1 aromatic carbocycles. The molecule has 2 rings (SSSR count). The maximum atomic E-state index is 10.8. The van der Waals surface area contributed by atoms with Gasteiger partial charge >= 0.3 is 5.97 Å². The summed E-state index contributed by atoms with van der Waals surface area (Å²) in [7, 11) is 0. The molecule has 0 bridgehead atoms. The summed E-state index contributed by atoms with van der Waals surface area (Å²) in [6.45, 7) is 1.84. The van der Waals surface area contributed by atoms with Gasteiger partial charge < -0.3 is 10.4 Å². The second-order valence-corrected chi connectivity index (χ2v) is 4.62. The number of nitrogens with one attached hydrogen (secondary N) is 1. The SMILES string of the molecule is Cc1cc(Cl)c(Nc2cncc(C(=O)O)n2)cc1Cl. The number of carboxylic acid groups (broad SMARTS) is 1. The third-order valence-electron chi connectivity index (χ3n) is 2.36. The van der Waals surface area contributed by atoms with Crippen LogP contribution in [-0.4, -0.2) is 21.0 Å². The zero-order valence-electron chi connectivity index (χ0n) is 9.82. The first kappa shape index (κ1) is 13.6. The molecule has 1 heterocycles. The zero-order chi connectivity index (χ0) is 14.0. The third kappa shape index (κ3) is 3.13. The lowest BCUT2D eigenvalue weighted by Gasteiger charge is -2.09. The Morgan fingerprint density at radius 1 is 1.26 bits per heavy atom. The van der Waals surface area contributed by atoms with Crippen molar-refractivity contribution in [2.75, 3.05) is 5.32 Å². The van der Waals surface area contributed by atoms with E-state index in [2.05, 4.69) is 15.3 Å². The largest absolute Gasteiger partial charge is 0.476 e. The van der Waals surface area contributed by atoms with E-state index in [1.54, 1.807) is 12.1 Å². The van der Waals surface area contributed by atoms with Gasteiger partial charge in [-0.05, 0) is 24.6 Å². The zero-order valence-corrected chi connectivity index (χ0v) is 11.3. The molecule has 1 aromatic heterocycles. The summed E-state index contributed by atoms with van der Waals surface area (Å²) in [5.74, 6) is -0.870. The minimum absolute atomic E-state index is 0.153. The second kappa shape index (κ2) is 5.42. The average molecular weight is 298 g/mol. The molecule has 0 saturated heterocycles. The third-order valence-corrected chi connectivity index (χ3v) is 3.08. The molecule has 0 aliphatic rings. The first-order valence-corrected chi connectivity index (χ1v) is 6.01. The van der Waals surface area contributed by atoms with Crippen molar-refractivity contribution in [2.45, 2.75) is 6.92 Å². The highest BCUT2D eigenvalue weighted by atomic mass is 35.5. The van der Waals surface area contributed by atoms with Crippen LogP contribution in [0.1, 0.15) is 16.1 Å².